The number of nitrogens with two attached hydrogens (primary N) is 1. The Bertz CT molecular complexity index is 1600. The largest absolute Gasteiger partial charge is 0.494 e. The van der Waals surface area contributed by atoms with Crippen molar-refractivity contribution in [3.8, 4) is 17.2 Å². The normalized spacial score (nSPS) is 14.6. The van der Waals surface area contributed by atoms with E-state index in [0.29, 0.717) is 41.7 Å². The summed E-state index contributed by atoms with van der Waals surface area (Å²) in [6, 6.07) is 13.1. The zero-order valence-corrected chi connectivity index (χ0v) is 23.4. The number of amides is 2. The molecule has 12 nitrogen and oxygen atoms in total. The molecule has 4 aromatic rings. The summed E-state index contributed by atoms with van der Waals surface area (Å²) in [7, 11) is 1.55. The lowest BCUT2D eigenvalue weighted by Crippen LogP contribution is -2.39. The van der Waals surface area contributed by atoms with E-state index < -0.39 is 5.91 Å². The second-order valence-electron chi connectivity index (χ2n) is 9.80. The number of rotatable bonds is 10. The van der Waals surface area contributed by atoms with Crippen molar-refractivity contribution < 1.29 is 19.1 Å². The lowest BCUT2D eigenvalue weighted by molar-refractivity contribution is -0.127. The summed E-state index contributed by atoms with van der Waals surface area (Å²) >= 11 is 0. The molecule has 0 saturated carbocycles. The Hall–Kier alpha value is -5.39. The molecule has 1 atom stereocenters. The van der Waals surface area contributed by atoms with Gasteiger partial charge in [-0.15, -0.1) is 0 Å². The number of aromatic nitrogens is 4. The number of hydrogen-bond donors (Lipinski definition) is 3. The first kappa shape index (κ1) is 28.1. The number of hydrogen-bond acceptors (Lipinski definition) is 9. The van der Waals surface area contributed by atoms with Gasteiger partial charge in [0.25, 0.3) is 5.91 Å². The molecule has 4 N–H and O–H groups in total. The Morgan fingerprint density at radius 3 is 2.69 bits per heavy atom. The Morgan fingerprint density at radius 2 is 1.95 bits per heavy atom. The van der Waals surface area contributed by atoms with Gasteiger partial charge in [-0.05, 0) is 49.6 Å². The molecule has 3 heterocycles. The Labute approximate surface area is 243 Å². The van der Waals surface area contributed by atoms with Crippen LogP contribution >= 0.6 is 0 Å². The number of nitrogens with zero attached hydrogens (tertiary/aromatic N) is 5. The predicted octanol–water partition coefficient (Wildman–Crippen LogP) is 4.72. The highest BCUT2D eigenvalue weighted by Crippen LogP contribution is 2.37. The SMILES string of the molecule is C=CC(=O)N1CCCC(n2cc(Nc3ncc(C(N)=O)c(Nc4c(C)cc(Oc5ccccc5)cc4OC)n3)cn2)C1. The van der Waals surface area contributed by atoms with Crippen LogP contribution in [0.2, 0.25) is 0 Å². The van der Waals surface area contributed by atoms with E-state index in [1.807, 2.05) is 54.2 Å². The highest BCUT2D eigenvalue weighted by atomic mass is 16.5. The molecule has 12 heteroatoms. The van der Waals surface area contributed by atoms with E-state index in [9.17, 15) is 9.59 Å². The van der Waals surface area contributed by atoms with Crippen molar-refractivity contribution in [1.29, 1.82) is 0 Å². The molecule has 42 heavy (non-hydrogen) atoms. The fourth-order valence-corrected chi connectivity index (χ4v) is 4.80. The van der Waals surface area contributed by atoms with Gasteiger partial charge in [0.1, 0.15) is 28.6 Å². The third-order valence-corrected chi connectivity index (χ3v) is 6.88. The number of benzene rings is 2. The van der Waals surface area contributed by atoms with Crippen molar-refractivity contribution in [1.82, 2.24) is 24.6 Å². The molecule has 0 spiro atoms. The topological polar surface area (TPSA) is 150 Å². The number of primary amides is 1. The van der Waals surface area contributed by atoms with E-state index in [0.717, 1.165) is 18.4 Å². The van der Waals surface area contributed by atoms with Crippen LogP contribution in [0.3, 0.4) is 0 Å². The van der Waals surface area contributed by atoms with Gasteiger partial charge >= 0.3 is 0 Å². The van der Waals surface area contributed by atoms with Crippen LogP contribution in [0.4, 0.5) is 23.1 Å². The van der Waals surface area contributed by atoms with Crippen LogP contribution in [0.25, 0.3) is 0 Å². The van der Waals surface area contributed by atoms with E-state index in [1.54, 1.807) is 24.3 Å². The van der Waals surface area contributed by atoms with E-state index in [1.165, 1.54) is 12.3 Å². The molecule has 1 fully saturated rings. The van der Waals surface area contributed by atoms with Crippen molar-refractivity contribution in [2.45, 2.75) is 25.8 Å². The van der Waals surface area contributed by atoms with Crippen LogP contribution < -0.4 is 25.8 Å². The molecule has 0 aliphatic carbocycles. The summed E-state index contributed by atoms with van der Waals surface area (Å²) in [4.78, 5) is 34.9. The first-order chi connectivity index (χ1) is 20.3. The summed E-state index contributed by atoms with van der Waals surface area (Å²) in [6.07, 6.45) is 7.97. The summed E-state index contributed by atoms with van der Waals surface area (Å²) in [6.45, 7) is 6.73. The molecule has 216 valence electrons. The van der Waals surface area contributed by atoms with Crippen molar-refractivity contribution in [2.24, 2.45) is 5.73 Å². The van der Waals surface area contributed by atoms with Gasteiger partial charge in [-0.1, -0.05) is 24.8 Å². The lowest BCUT2D eigenvalue weighted by atomic mass is 10.1. The minimum Gasteiger partial charge on any atom is -0.494 e. The number of carbonyl (C=O) groups is 2. The molecule has 1 saturated heterocycles. The van der Waals surface area contributed by atoms with Crippen LogP contribution in [0.5, 0.6) is 17.2 Å². The van der Waals surface area contributed by atoms with E-state index >= 15 is 0 Å². The number of ether oxygens (including phenoxy) is 2. The number of anilines is 4. The number of nitrogens with one attached hydrogen (secondary N) is 2. The average Bonchev–Trinajstić information content (AvgIpc) is 3.47. The summed E-state index contributed by atoms with van der Waals surface area (Å²) in [5.41, 5.74) is 7.78. The van der Waals surface area contributed by atoms with E-state index in [4.69, 9.17) is 15.2 Å². The highest BCUT2D eigenvalue weighted by Gasteiger charge is 2.24. The lowest BCUT2D eigenvalue weighted by Gasteiger charge is -2.32. The highest BCUT2D eigenvalue weighted by molar-refractivity contribution is 5.98. The van der Waals surface area contributed by atoms with E-state index in [2.05, 4.69) is 32.3 Å². The number of carbonyl (C=O) groups excluding carboxylic acids is 2. The molecule has 1 aliphatic rings. The second kappa shape index (κ2) is 12.4. The maximum atomic E-state index is 12.2. The number of methoxy groups -OCH3 is 1. The van der Waals surface area contributed by atoms with Gasteiger partial charge in [-0.2, -0.15) is 10.1 Å². The number of likely N-dealkylation sites (tertiary alicyclic amines) is 1. The molecule has 1 unspecified atom stereocenters. The molecule has 5 rings (SSSR count). The van der Waals surface area contributed by atoms with Gasteiger partial charge in [0.15, 0.2) is 0 Å². The molecule has 1 aliphatic heterocycles. The van der Waals surface area contributed by atoms with Crippen LogP contribution in [-0.4, -0.2) is 56.7 Å². The van der Waals surface area contributed by atoms with E-state index in [-0.39, 0.29) is 29.3 Å². The number of piperidine rings is 1. The molecule has 2 aromatic heterocycles. The van der Waals surface area contributed by atoms with Gasteiger partial charge in [-0.3, -0.25) is 14.3 Å². The standard InChI is InChI=1S/C30H32N8O4/c1-4-26(39)37-12-8-9-21(18-37)38-17-20(15-33-38)34-30-32-16-24(28(31)40)29(36-30)35-27-19(2)13-23(14-25(27)41-3)42-22-10-6-5-7-11-22/h4-7,10-11,13-17,21H,1,8-9,12,18H2,2-3H3,(H2,31,40)(H2,32,34,35,36). The molecule has 0 bridgehead atoms. The zero-order valence-electron chi connectivity index (χ0n) is 23.4. The summed E-state index contributed by atoms with van der Waals surface area (Å²) in [5, 5.41) is 10.8. The summed E-state index contributed by atoms with van der Waals surface area (Å²) in [5.74, 6) is 1.44. The fraction of sp³-hybridized carbons (Fsp3) is 0.233. The van der Waals surface area contributed by atoms with Crippen molar-refractivity contribution in [3.05, 3.63) is 84.8 Å². The molecular formula is C30H32N8O4. The van der Waals surface area contributed by atoms with Gasteiger partial charge < -0.3 is 30.7 Å². The summed E-state index contributed by atoms with van der Waals surface area (Å²) < 4.78 is 13.4. The quantitative estimate of drug-likeness (QED) is 0.231. The van der Waals surface area contributed by atoms with Crippen LogP contribution in [-0.2, 0) is 4.79 Å². The molecule has 0 radical (unpaired) electrons. The maximum absolute atomic E-state index is 12.2. The fourth-order valence-electron chi connectivity index (χ4n) is 4.80. The Morgan fingerprint density at radius 1 is 1.14 bits per heavy atom. The van der Waals surface area contributed by atoms with Gasteiger partial charge in [0.05, 0.1) is 30.7 Å². The average molecular weight is 569 g/mol. The van der Waals surface area contributed by atoms with Crippen molar-refractivity contribution in [2.75, 3.05) is 30.8 Å². The monoisotopic (exact) mass is 568 g/mol. The predicted molar refractivity (Wildman–Crippen MR) is 159 cm³/mol. The van der Waals surface area contributed by atoms with Gasteiger partial charge in [-0.25, -0.2) is 4.98 Å². The van der Waals surface area contributed by atoms with Crippen LogP contribution in [0.1, 0.15) is 34.8 Å². The van der Waals surface area contributed by atoms with Crippen LogP contribution in [0.15, 0.2) is 73.7 Å². The molecular weight excluding hydrogens is 536 g/mol. The van der Waals surface area contributed by atoms with Crippen LogP contribution in [0, 0.1) is 6.92 Å². The smallest absolute Gasteiger partial charge is 0.254 e. The minimum atomic E-state index is -0.687. The Kier molecular flexibility index (Phi) is 8.32. The van der Waals surface area contributed by atoms with Crippen molar-refractivity contribution in [3.63, 3.8) is 0 Å². The Balaban J connectivity index is 1.36. The number of aryl methyl sites for hydroxylation is 1. The van der Waals surface area contributed by atoms with Crippen molar-refractivity contribution >= 4 is 35.0 Å². The minimum absolute atomic E-state index is 0.0397. The van der Waals surface area contributed by atoms with Gasteiger partial charge in [0, 0.05) is 31.5 Å². The van der Waals surface area contributed by atoms with Gasteiger partial charge in [0.2, 0.25) is 11.9 Å². The first-order valence-electron chi connectivity index (χ1n) is 13.4. The first-order valence-corrected chi connectivity index (χ1v) is 13.4. The molecule has 2 aromatic carbocycles. The second-order valence-corrected chi connectivity index (χ2v) is 9.80. The maximum Gasteiger partial charge on any atom is 0.254 e. The third kappa shape index (κ3) is 6.33. The zero-order chi connectivity index (χ0) is 29.6. The third-order valence-electron chi connectivity index (χ3n) is 6.88. The molecule has 2 amide bonds. The number of para-hydroxylation sites is 1.